The van der Waals surface area contributed by atoms with Gasteiger partial charge in [0.2, 0.25) is 5.91 Å². The molecule has 0 radical (unpaired) electrons. The third-order valence-corrected chi connectivity index (χ3v) is 4.45. The Morgan fingerprint density at radius 2 is 1.88 bits per heavy atom. The van der Waals surface area contributed by atoms with Gasteiger partial charge in [-0.3, -0.25) is 14.5 Å². The molecule has 2 rings (SSSR count). The summed E-state index contributed by atoms with van der Waals surface area (Å²) < 4.78 is 13.5. The van der Waals surface area contributed by atoms with Gasteiger partial charge in [-0.2, -0.15) is 0 Å². The molecule has 0 bridgehead atoms. The van der Waals surface area contributed by atoms with Crippen molar-refractivity contribution >= 4 is 11.8 Å². The van der Waals surface area contributed by atoms with Gasteiger partial charge in [-0.05, 0) is 19.2 Å². The van der Waals surface area contributed by atoms with Crippen LogP contribution in [0.4, 0.5) is 4.39 Å². The molecular formula is C18H27FN4O2. The zero-order valence-electron chi connectivity index (χ0n) is 14.9. The minimum Gasteiger partial charge on any atom is -0.351 e. The van der Waals surface area contributed by atoms with Crippen molar-refractivity contribution < 1.29 is 14.0 Å². The fourth-order valence-electron chi connectivity index (χ4n) is 2.97. The Balaban J connectivity index is 1.70. The molecule has 138 valence electrons. The lowest BCUT2D eigenvalue weighted by Gasteiger charge is -2.36. The molecule has 7 heteroatoms. The first-order chi connectivity index (χ1) is 12.0. The van der Waals surface area contributed by atoms with E-state index < -0.39 is 11.7 Å². The molecule has 1 unspecified atom stereocenters. The van der Waals surface area contributed by atoms with Crippen LogP contribution in [-0.2, 0) is 4.79 Å². The summed E-state index contributed by atoms with van der Waals surface area (Å²) in [7, 11) is 1.84. The Labute approximate surface area is 148 Å². The van der Waals surface area contributed by atoms with Crippen molar-refractivity contribution in [2.45, 2.75) is 6.92 Å². The number of piperazine rings is 1. The molecule has 6 nitrogen and oxygen atoms in total. The van der Waals surface area contributed by atoms with Crippen molar-refractivity contribution in [2.24, 2.45) is 5.92 Å². The van der Waals surface area contributed by atoms with Gasteiger partial charge in [0.15, 0.2) is 0 Å². The van der Waals surface area contributed by atoms with Crippen molar-refractivity contribution in [1.82, 2.24) is 20.4 Å². The highest BCUT2D eigenvalue weighted by Gasteiger charge is 2.24. The van der Waals surface area contributed by atoms with E-state index in [9.17, 15) is 14.0 Å². The van der Waals surface area contributed by atoms with Gasteiger partial charge in [0, 0.05) is 51.7 Å². The van der Waals surface area contributed by atoms with E-state index in [1.54, 1.807) is 12.1 Å². The zero-order valence-corrected chi connectivity index (χ0v) is 14.9. The normalized spacial score (nSPS) is 16.5. The second-order valence-electron chi connectivity index (χ2n) is 6.36. The molecule has 1 aromatic rings. The number of hydrogen-bond acceptors (Lipinski definition) is 4. The molecule has 2 N–H and O–H groups in total. The van der Waals surface area contributed by atoms with Gasteiger partial charge >= 0.3 is 0 Å². The number of nitrogens with zero attached hydrogens (tertiary/aromatic N) is 2. The summed E-state index contributed by atoms with van der Waals surface area (Å²) in [5.74, 6) is -0.742. The first-order valence-electron chi connectivity index (χ1n) is 8.71. The molecule has 25 heavy (non-hydrogen) atoms. The fourth-order valence-corrected chi connectivity index (χ4v) is 2.97. The van der Waals surface area contributed by atoms with Crippen LogP contribution in [0.15, 0.2) is 24.3 Å². The lowest BCUT2D eigenvalue weighted by molar-refractivity contribution is -0.136. The van der Waals surface area contributed by atoms with Gasteiger partial charge in [0.25, 0.3) is 5.91 Å². The Kier molecular flexibility index (Phi) is 7.33. The van der Waals surface area contributed by atoms with E-state index in [0.29, 0.717) is 32.7 Å². The van der Waals surface area contributed by atoms with E-state index in [1.807, 2.05) is 18.9 Å². The summed E-state index contributed by atoms with van der Waals surface area (Å²) in [5, 5.41) is 5.77. The van der Waals surface area contributed by atoms with Crippen LogP contribution in [0.1, 0.15) is 17.3 Å². The molecule has 0 aliphatic carbocycles. The Morgan fingerprint density at radius 3 is 2.52 bits per heavy atom. The highest BCUT2D eigenvalue weighted by atomic mass is 19.1. The fraction of sp³-hybridized carbons (Fsp3) is 0.556. The Bertz CT molecular complexity index is 588. The second kappa shape index (κ2) is 9.48. The zero-order chi connectivity index (χ0) is 18.2. The highest BCUT2D eigenvalue weighted by molar-refractivity contribution is 5.94. The van der Waals surface area contributed by atoms with Gasteiger partial charge < -0.3 is 15.5 Å². The summed E-state index contributed by atoms with van der Waals surface area (Å²) >= 11 is 0. The van der Waals surface area contributed by atoms with E-state index in [1.165, 1.54) is 12.1 Å². The number of amides is 2. The third kappa shape index (κ3) is 5.51. The highest BCUT2D eigenvalue weighted by Crippen LogP contribution is 2.08. The van der Waals surface area contributed by atoms with Gasteiger partial charge in [0.1, 0.15) is 5.82 Å². The van der Waals surface area contributed by atoms with Crippen molar-refractivity contribution in [3.05, 3.63) is 35.6 Å². The smallest absolute Gasteiger partial charge is 0.254 e. The van der Waals surface area contributed by atoms with Crippen LogP contribution in [0.5, 0.6) is 0 Å². The molecule has 1 heterocycles. The standard InChI is InChI=1S/C18H27FN4O2/c1-14(13-20-2)18(25)23-11-9-22(10-12-23)8-7-21-17(24)15-5-3-4-6-16(15)19/h3-6,14,20H,7-13H2,1-2H3,(H,21,24). The quantitative estimate of drug-likeness (QED) is 0.754. The number of nitrogens with one attached hydrogen (secondary N) is 2. The average molecular weight is 350 g/mol. The first-order valence-corrected chi connectivity index (χ1v) is 8.71. The van der Waals surface area contributed by atoms with Gasteiger partial charge in [-0.1, -0.05) is 19.1 Å². The van der Waals surface area contributed by atoms with E-state index >= 15 is 0 Å². The molecule has 2 amide bonds. The van der Waals surface area contributed by atoms with Crippen molar-refractivity contribution in [2.75, 3.05) is 52.9 Å². The van der Waals surface area contributed by atoms with Gasteiger partial charge in [-0.25, -0.2) is 4.39 Å². The number of benzene rings is 1. The number of halogens is 1. The number of rotatable bonds is 7. The topological polar surface area (TPSA) is 64.7 Å². The van der Waals surface area contributed by atoms with Crippen molar-refractivity contribution in [3.8, 4) is 0 Å². The summed E-state index contributed by atoms with van der Waals surface area (Å²) in [6, 6.07) is 5.95. The van der Waals surface area contributed by atoms with E-state index in [4.69, 9.17) is 0 Å². The number of carbonyl (C=O) groups excluding carboxylic acids is 2. The molecule has 0 aromatic heterocycles. The van der Waals surface area contributed by atoms with Gasteiger partial charge in [0.05, 0.1) is 5.56 Å². The molecule has 1 aliphatic heterocycles. The van der Waals surface area contributed by atoms with Crippen molar-refractivity contribution in [1.29, 1.82) is 0 Å². The molecule has 1 aliphatic rings. The maximum atomic E-state index is 13.5. The largest absolute Gasteiger partial charge is 0.351 e. The molecule has 1 fully saturated rings. The molecule has 1 atom stereocenters. The average Bonchev–Trinajstić information content (AvgIpc) is 2.62. The second-order valence-corrected chi connectivity index (χ2v) is 6.36. The Morgan fingerprint density at radius 1 is 1.20 bits per heavy atom. The third-order valence-electron chi connectivity index (χ3n) is 4.45. The lowest BCUT2D eigenvalue weighted by Crippen LogP contribution is -2.52. The maximum Gasteiger partial charge on any atom is 0.254 e. The predicted octanol–water partition coefficient (Wildman–Crippen LogP) is 0.555. The van der Waals surface area contributed by atoms with Crippen LogP contribution in [0.2, 0.25) is 0 Å². The molecular weight excluding hydrogens is 323 g/mol. The maximum absolute atomic E-state index is 13.5. The minimum atomic E-state index is -0.511. The molecule has 1 aromatic carbocycles. The monoisotopic (exact) mass is 350 g/mol. The van der Waals surface area contributed by atoms with Crippen LogP contribution in [-0.4, -0.2) is 74.5 Å². The summed E-state index contributed by atoms with van der Waals surface area (Å²) in [5.41, 5.74) is 0.0661. The number of carbonyl (C=O) groups is 2. The lowest BCUT2D eigenvalue weighted by atomic mass is 10.1. The summed E-state index contributed by atoms with van der Waals surface area (Å²) in [6.45, 7) is 6.74. The Hall–Kier alpha value is -1.99. The SMILES string of the molecule is CNCC(C)C(=O)N1CCN(CCNC(=O)c2ccccc2F)CC1. The number of hydrogen-bond donors (Lipinski definition) is 2. The van der Waals surface area contributed by atoms with Crippen LogP contribution >= 0.6 is 0 Å². The minimum absolute atomic E-state index is 0.0170. The molecule has 0 spiro atoms. The van der Waals surface area contributed by atoms with Gasteiger partial charge in [-0.15, -0.1) is 0 Å². The summed E-state index contributed by atoms with van der Waals surface area (Å²) in [6.07, 6.45) is 0. The van der Waals surface area contributed by atoms with Crippen LogP contribution in [0, 0.1) is 11.7 Å². The van der Waals surface area contributed by atoms with E-state index in [0.717, 1.165) is 13.1 Å². The van der Waals surface area contributed by atoms with E-state index in [2.05, 4.69) is 15.5 Å². The van der Waals surface area contributed by atoms with Crippen molar-refractivity contribution in [3.63, 3.8) is 0 Å². The summed E-state index contributed by atoms with van der Waals surface area (Å²) in [4.78, 5) is 28.3. The van der Waals surface area contributed by atoms with Crippen LogP contribution in [0.25, 0.3) is 0 Å². The predicted molar refractivity (Wildman–Crippen MR) is 94.8 cm³/mol. The first kappa shape index (κ1) is 19.3. The van der Waals surface area contributed by atoms with Crippen LogP contribution in [0.3, 0.4) is 0 Å². The molecule has 0 saturated carbocycles. The molecule has 1 saturated heterocycles. The van der Waals surface area contributed by atoms with Crippen LogP contribution < -0.4 is 10.6 Å². The van der Waals surface area contributed by atoms with E-state index in [-0.39, 0.29) is 17.4 Å².